The molecule has 0 bridgehead atoms. The SMILES string of the molecule is CC(=O)N(CC(=O)NCCc1ccc(F)cc1)c1ccc(F)c(F)c1F. The Morgan fingerprint density at radius 3 is 2.23 bits per heavy atom. The summed E-state index contributed by atoms with van der Waals surface area (Å²) in [5, 5.41) is 2.53. The summed E-state index contributed by atoms with van der Waals surface area (Å²) >= 11 is 0. The van der Waals surface area contributed by atoms with E-state index in [1.54, 1.807) is 12.1 Å². The number of benzene rings is 2. The van der Waals surface area contributed by atoms with Crippen LogP contribution in [0.2, 0.25) is 0 Å². The molecule has 26 heavy (non-hydrogen) atoms. The zero-order valence-electron chi connectivity index (χ0n) is 13.9. The third kappa shape index (κ3) is 4.81. The average molecular weight is 368 g/mol. The summed E-state index contributed by atoms with van der Waals surface area (Å²) < 4.78 is 53.0. The Labute approximate surface area is 147 Å². The van der Waals surface area contributed by atoms with Crippen molar-refractivity contribution in [1.29, 1.82) is 0 Å². The molecule has 4 nitrogen and oxygen atoms in total. The number of amides is 2. The fraction of sp³-hybridized carbons (Fsp3) is 0.222. The van der Waals surface area contributed by atoms with Gasteiger partial charge >= 0.3 is 0 Å². The van der Waals surface area contributed by atoms with Crippen molar-refractivity contribution in [3.63, 3.8) is 0 Å². The van der Waals surface area contributed by atoms with Gasteiger partial charge < -0.3 is 10.2 Å². The molecule has 1 N–H and O–H groups in total. The zero-order valence-corrected chi connectivity index (χ0v) is 13.9. The van der Waals surface area contributed by atoms with Gasteiger partial charge in [0.1, 0.15) is 12.4 Å². The Bertz CT molecular complexity index is 810. The van der Waals surface area contributed by atoms with E-state index in [9.17, 15) is 27.2 Å². The summed E-state index contributed by atoms with van der Waals surface area (Å²) in [6.07, 6.45) is 0.422. The van der Waals surface area contributed by atoms with Crippen molar-refractivity contribution in [2.75, 3.05) is 18.0 Å². The van der Waals surface area contributed by atoms with Gasteiger partial charge in [0.2, 0.25) is 11.8 Å². The lowest BCUT2D eigenvalue weighted by molar-refractivity contribution is -0.123. The van der Waals surface area contributed by atoms with Crippen molar-refractivity contribution in [3.8, 4) is 0 Å². The van der Waals surface area contributed by atoms with Crippen molar-refractivity contribution in [2.24, 2.45) is 0 Å². The molecule has 0 unspecified atom stereocenters. The number of nitrogens with zero attached hydrogens (tertiary/aromatic N) is 1. The van der Waals surface area contributed by atoms with Crippen LogP contribution in [-0.4, -0.2) is 24.9 Å². The first-order valence-electron chi connectivity index (χ1n) is 7.72. The maximum absolute atomic E-state index is 13.9. The molecule has 0 fully saturated rings. The molecule has 0 spiro atoms. The van der Waals surface area contributed by atoms with Gasteiger partial charge in [0.05, 0.1) is 5.69 Å². The summed E-state index contributed by atoms with van der Waals surface area (Å²) in [5.74, 6) is -6.33. The highest BCUT2D eigenvalue weighted by Gasteiger charge is 2.22. The van der Waals surface area contributed by atoms with Crippen molar-refractivity contribution < 1.29 is 27.2 Å². The molecule has 2 amide bonds. The van der Waals surface area contributed by atoms with Gasteiger partial charge in [-0.3, -0.25) is 9.59 Å². The van der Waals surface area contributed by atoms with Gasteiger partial charge in [-0.25, -0.2) is 17.6 Å². The van der Waals surface area contributed by atoms with Gasteiger partial charge in [-0.15, -0.1) is 0 Å². The highest BCUT2D eigenvalue weighted by Crippen LogP contribution is 2.23. The highest BCUT2D eigenvalue weighted by molar-refractivity contribution is 5.97. The first kappa shape index (κ1) is 19.4. The largest absolute Gasteiger partial charge is 0.354 e. The number of hydrogen-bond donors (Lipinski definition) is 1. The molecule has 0 saturated carbocycles. The van der Waals surface area contributed by atoms with Crippen molar-refractivity contribution in [1.82, 2.24) is 5.32 Å². The molecule has 2 aromatic rings. The van der Waals surface area contributed by atoms with E-state index in [-0.39, 0.29) is 12.4 Å². The third-order valence-electron chi connectivity index (χ3n) is 3.64. The molecule has 0 radical (unpaired) electrons. The minimum absolute atomic E-state index is 0.205. The number of rotatable bonds is 6. The molecule has 0 atom stereocenters. The second kappa shape index (κ2) is 8.46. The predicted molar refractivity (Wildman–Crippen MR) is 87.5 cm³/mol. The highest BCUT2D eigenvalue weighted by atomic mass is 19.2. The monoisotopic (exact) mass is 368 g/mol. The minimum atomic E-state index is -1.72. The van der Waals surface area contributed by atoms with Crippen LogP contribution in [0.1, 0.15) is 12.5 Å². The number of hydrogen-bond acceptors (Lipinski definition) is 2. The number of carbonyl (C=O) groups is 2. The van der Waals surface area contributed by atoms with Gasteiger partial charge in [-0.2, -0.15) is 0 Å². The summed E-state index contributed by atoms with van der Waals surface area (Å²) in [4.78, 5) is 24.4. The standard InChI is InChI=1S/C18H16F4N2O2/c1-11(25)24(15-7-6-14(20)17(21)18(15)22)10-16(26)23-9-8-12-2-4-13(19)5-3-12/h2-7H,8-10H2,1H3,(H,23,26). The molecule has 0 heterocycles. The Morgan fingerprint density at radius 2 is 1.62 bits per heavy atom. The van der Waals surface area contributed by atoms with Gasteiger partial charge in [-0.1, -0.05) is 12.1 Å². The van der Waals surface area contributed by atoms with E-state index >= 15 is 0 Å². The second-order valence-electron chi connectivity index (χ2n) is 5.53. The average Bonchev–Trinajstić information content (AvgIpc) is 2.60. The minimum Gasteiger partial charge on any atom is -0.354 e. The van der Waals surface area contributed by atoms with E-state index < -0.39 is 41.5 Å². The van der Waals surface area contributed by atoms with Crippen LogP contribution >= 0.6 is 0 Å². The van der Waals surface area contributed by atoms with Crippen molar-refractivity contribution >= 4 is 17.5 Å². The number of nitrogens with one attached hydrogen (secondary N) is 1. The topological polar surface area (TPSA) is 49.4 Å². The van der Waals surface area contributed by atoms with Gasteiger partial charge in [0, 0.05) is 13.5 Å². The van der Waals surface area contributed by atoms with Crippen LogP contribution in [0.25, 0.3) is 0 Å². The maximum Gasteiger partial charge on any atom is 0.240 e. The Hall–Kier alpha value is -2.90. The Balaban J connectivity index is 1.99. The molecule has 0 aliphatic heterocycles. The second-order valence-corrected chi connectivity index (χ2v) is 5.53. The smallest absolute Gasteiger partial charge is 0.240 e. The fourth-order valence-electron chi connectivity index (χ4n) is 2.29. The Kier molecular flexibility index (Phi) is 6.32. The van der Waals surface area contributed by atoms with E-state index in [1.165, 1.54) is 12.1 Å². The van der Waals surface area contributed by atoms with Crippen LogP contribution in [-0.2, 0) is 16.0 Å². The lowest BCUT2D eigenvalue weighted by Gasteiger charge is -2.21. The number of carbonyl (C=O) groups excluding carboxylic acids is 2. The van der Waals surface area contributed by atoms with Gasteiger partial charge in [0.15, 0.2) is 17.5 Å². The summed E-state index contributed by atoms with van der Waals surface area (Å²) in [5.41, 5.74) is 0.270. The summed E-state index contributed by atoms with van der Waals surface area (Å²) in [6, 6.07) is 7.29. The molecule has 0 aliphatic rings. The molecular weight excluding hydrogens is 352 g/mol. The van der Waals surface area contributed by atoms with Crippen molar-refractivity contribution in [2.45, 2.75) is 13.3 Å². The Morgan fingerprint density at radius 1 is 0.962 bits per heavy atom. The normalized spacial score (nSPS) is 10.5. The van der Waals surface area contributed by atoms with Crippen LogP contribution in [0.5, 0.6) is 0 Å². The number of halogens is 4. The van der Waals surface area contributed by atoms with Gasteiger partial charge in [0.25, 0.3) is 0 Å². The van der Waals surface area contributed by atoms with E-state index in [0.717, 1.165) is 18.6 Å². The predicted octanol–water partition coefficient (Wildman–Crippen LogP) is 2.95. The van der Waals surface area contributed by atoms with Crippen LogP contribution in [0, 0.1) is 23.3 Å². The summed E-state index contributed by atoms with van der Waals surface area (Å²) in [7, 11) is 0. The third-order valence-corrected chi connectivity index (χ3v) is 3.64. The zero-order chi connectivity index (χ0) is 19.3. The van der Waals surface area contributed by atoms with Crippen LogP contribution in [0.15, 0.2) is 36.4 Å². The van der Waals surface area contributed by atoms with E-state index in [0.29, 0.717) is 17.4 Å². The molecule has 138 valence electrons. The van der Waals surface area contributed by atoms with E-state index in [1.807, 2.05) is 0 Å². The maximum atomic E-state index is 13.9. The van der Waals surface area contributed by atoms with Crippen LogP contribution < -0.4 is 10.2 Å². The molecule has 0 aromatic heterocycles. The van der Waals surface area contributed by atoms with E-state index in [2.05, 4.69) is 5.32 Å². The molecule has 0 aliphatic carbocycles. The number of anilines is 1. The molecule has 2 rings (SSSR count). The summed E-state index contributed by atoms with van der Waals surface area (Å²) in [6.45, 7) is 0.726. The first-order valence-corrected chi connectivity index (χ1v) is 7.72. The van der Waals surface area contributed by atoms with Crippen molar-refractivity contribution in [3.05, 3.63) is 65.2 Å². The lowest BCUT2D eigenvalue weighted by atomic mass is 10.1. The quantitative estimate of drug-likeness (QED) is 0.630. The lowest BCUT2D eigenvalue weighted by Crippen LogP contribution is -2.41. The molecular formula is C18H16F4N2O2. The van der Waals surface area contributed by atoms with E-state index in [4.69, 9.17) is 0 Å². The first-order chi connectivity index (χ1) is 12.3. The van der Waals surface area contributed by atoms with Crippen LogP contribution in [0.4, 0.5) is 23.2 Å². The fourth-order valence-corrected chi connectivity index (χ4v) is 2.29. The van der Waals surface area contributed by atoms with Gasteiger partial charge in [-0.05, 0) is 36.2 Å². The molecule has 0 saturated heterocycles. The van der Waals surface area contributed by atoms with Crippen LogP contribution in [0.3, 0.4) is 0 Å². The molecule has 8 heteroatoms. The molecule has 2 aromatic carbocycles.